The highest BCUT2D eigenvalue weighted by atomic mass is 15.3. The van der Waals surface area contributed by atoms with Crippen LogP contribution in [0.2, 0.25) is 0 Å². The zero-order chi connectivity index (χ0) is 31.5. The quantitative estimate of drug-likeness (QED) is 0.165. The second-order valence-corrected chi connectivity index (χ2v) is 11.4. The number of hydrogen-bond acceptors (Lipinski definition) is 3. The first kappa shape index (κ1) is 28.9. The number of aromatic nitrogens is 4. The number of aryl methyl sites for hydroxylation is 1. The predicted molar refractivity (Wildman–Crippen MR) is 188 cm³/mol. The van der Waals surface area contributed by atoms with Crippen molar-refractivity contribution >= 4 is 6.08 Å². The molecule has 0 aliphatic heterocycles. The molecular weight excluding hydrogens is 560 g/mol. The summed E-state index contributed by atoms with van der Waals surface area (Å²) < 4.78 is 2.21. The fourth-order valence-corrected chi connectivity index (χ4v) is 6.47. The molecule has 4 nitrogen and oxygen atoms in total. The lowest BCUT2D eigenvalue weighted by Gasteiger charge is -2.37. The van der Waals surface area contributed by atoms with Gasteiger partial charge in [-0.25, -0.2) is 4.68 Å². The molecule has 0 amide bonds. The van der Waals surface area contributed by atoms with Gasteiger partial charge in [-0.3, -0.25) is 9.97 Å². The van der Waals surface area contributed by atoms with Crippen molar-refractivity contribution in [3.8, 4) is 33.8 Å². The summed E-state index contributed by atoms with van der Waals surface area (Å²) in [4.78, 5) is 9.75. The molecule has 0 bridgehead atoms. The second-order valence-electron chi connectivity index (χ2n) is 11.4. The molecule has 0 unspecified atom stereocenters. The third-order valence-corrected chi connectivity index (χ3v) is 8.63. The molecule has 0 N–H and O–H groups in total. The summed E-state index contributed by atoms with van der Waals surface area (Å²) in [5, 5.41) is 5.55. The van der Waals surface area contributed by atoms with Crippen molar-refractivity contribution in [2.75, 3.05) is 0 Å². The van der Waals surface area contributed by atoms with Crippen LogP contribution in [0.15, 0.2) is 158 Å². The van der Waals surface area contributed by atoms with E-state index in [2.05, 4.69) is 146 Å². The van der Waals surface area contributed by atoms with Gasteiger partial charge in [-0.15, -0.1) is 0 Å². The van der Waals surface area contributed by atoms with Gasteiger partial charge in [-0.1, -0.05) is 134 Å². The Hall–Kier alpha value is -5.87. The van der Waals surface area contributed by atoms with Gasteiger partial charge in [0.2, 0.25) is 0 Å². The van der Waals surface area contributed by atoms with Crippen LogP contribution in [-0.4, -0.2) is 19.7 Å². The largest absolute Gasteiger partial charge is 0.256 e. The van der Waals surface area contributed by atoms with Crippen LogP contribution in [0.5, 0.6) is 0 Å². The topological polar surface area (TPSA) is 43.6 Å². The molecule has 7 aromatic rings. The minimum absolute atomic E-state index is 0.763. The van der Waals surface area contributed by atoms with E-state index in [4.69, 9.17) is 15.1 Å². The van der Waals surface area contributed by atoms with Crippen LogP contribution in [0.3, 0.4) is 0 Å². The average Bonchev–Trinajstić information content (AvgIpc) is 3.47. The fraction of sp³-hybridized carbons (Fsp3) is 0.0714. The summed E-state index contributed by atoms with van der Waals surface area (Å²) >= 11 is 0. The Bertz CT molecular complexity index is 2020. The summed E-state index contributed by atoms with van der Waals surface area (Å²) in [5.74, 6) is 0. The normalized spacial score (nSPS) is 11.3. The van der Waals surface area contributed by atoms with E-state index in [0.29, 0.717) is 0 Å². The van der Waals surface area contributed by atoms with Crippen LogP contribution in [0, 0.1) is 13.8 Å². The van der Waals surface area contributed by atoms with Gasteiger partial charge in [-0.05, 0) is 65.9 Å². The monoisotopic (exact) mass is 594 g/mol. The molecule has 3 heterocycles. The van der Waals surface area contributed by atoms with E-state index in [1.165, 1.54) is 0 Å². The van der Waals surface area contributed by atoms with Crippen LogP contribution >= 0.6 is 0 Å². The highest BCUT2D eigenvalue weighted by Gasteiger charge is 2.41. The molecule has 3 aromatic heterocycles. The highest BCUT2D eigenvalue weighted by Crippen LogP contribution is 2.45. The number of rotatable bonds is 8. The molecule has 0 aliphatic carbocycles. The molecule has 222 valence electrons. The lowest BCUT2D eigenvalue weighted by molar-refractivity contribution is 0.450. The minimum atomic E-state index is -0.763. The smallest absolute Gasteiger partial charge is 0.138 e. The first-order chi connectivity index (χ1) is 22.6. The summed E-state index contributed by atoms with van der Waals surface area (Å²) in [6, 6.07) is 50.7. The minimum Gasteiger partial charge on any atom is -0.256 e. The number of pyridine rings is 2. The molecule has 0 fully saturated rings. The Balaban J connectivity index is 1.56. The maximum absolute atomic E-state index is 5.55. The molecular formula is C42H34N4. The van der Waals surface area contributed by atoms with Gasteiger partial charge in [0.25, 0.3) is 0 Å². The van der Waals surface area contributed by atoms with E-state index in [0.717, 1.165) is 67.4 Å². The van der Waals surface area contributed by atoms with E-state index in [1.807, 2.05) is 37.4 Å². The Kier molecular flexibility index (Phi) is 7.69. The Morgan fingerprint density at radius 3 is 1.74 bits per heavy atom. The van der Waals surface area contributed by atoms with Gasteiger partial charge in [0.1, 0.15) is 11.2 Å². The molecule has 0 saturated carbocycles. The summed E-state index contributed by atoms with van der Waals surface area (Å²) in [6.45, 7) is 8.09. The van der Waals surface area contributed by atoms with Crippen LogP contribution in [0.4, 0.5) is 0 Å². The summed E-state index contributed by atoms with van der Waals surface area (Å²) in [6.07, 6.45) is 3.74. The molecule has 46 heavy (non-hydrogen) atoms. The van der Waals surface area contributed by atoms with Crippen LogP contribution < -0.4 is 0 Å². The standard InChI is InChI=1S/C42H34N4/c1-4-32-23-25-33(26-24-32)39-29-34(27-28-43-39)40-31(3)46(45-41(40)38-22-14-15-30(2)44-38)42(35-16-8-5-9-17-35,36-18-10-6-11-19-36)37-20-12-7-13-21-37/h4-29H,1H2,2-3H3. The summed E-state index contributed by atoms with van der Waals surface area (Å²) in [5.41, 5.74) is 11.3. The Morgan fingerprint density at radius 1 is 0.609 bits per heavy atom. The third kappa shape index (κ3) is 5.04. The fourth-order valence-electron chi connectivity index (χ4n) is 6.47. The highest BCUT2D eigenvalue weighted by molar-refractivity contribution is 5.83. The van der Waals surface area contributed by atoms with E-state index in [-0.39, 0.29) is 0 Å². The third-order valence-electron chi connectivity index (χ3n) is 8.63. The zero-order valence-corrected chi connectivity index (χ0v) is 26.0. The Labute approximate surface area is 270 Å². The second kappa shape index (κ2) is 12.3. The van der Waals surface area contributed by atoms with E-state index in [1.54, 1.807) is 0 Å². The predicted octanol–water partition coefficient (Wildman–Crippen LogP) is 9.77. The SMILES string of the molecule is C=Cc1ccc(-c2cc(-c3c(-c4cccc(C)n4)nn(C(c4ccccc4)(c4ccccc4)c4ccccc4)c3C)ccn2)cc1. The van der Waals surface area contributed by atoms with Crippen molar-refractivity contribution in [2.24, 2.45) is 0 Å². The first-order valence-corrected chi connectivity index (χ1v) is 15.5. The number of hydrogen-bond donors (Lipinski definition) is 0. The van der Waals surface area contributed by atoms with Gasteiger partial charge in [-0.2, -0.15) is 5.10 Å². The van der Waals surface area contributed by atoms with E-state index >= 15 is 0 Å². The van der Waals surface area contributed by atoms with Gasteiger partial charge in [0.15, 0.2) is 0 Å². The van der Waals surface area contributed by atoms with Crippen molar-refractivity contribution in [1.29, 1.82) is 0 Å². The number of benzene rings is 4. The van der Waals surface area contributed by atoms with Gasteiger partial charge < -0.3 is 0 Å². The molecule has 7 rings (SSSR count). The molecule has 4 heteroatoms. The molecule has 0 saturated heterocycles. The molecule has 0 radical (unpaired) electrons. The summed E-state index contributed by atoms with van der Waals surface area (Å²) in [7, 11) is 0. The Morgan fingerprint density at radius 2 is 1.20 bits per heavy atom. The first-order valence-electron chi connectivity index (χ1n) is 15.5. The van der Waals surface area contributed by atoms with Crippen molar-refractivity contribution in [2.45, 2.75) is 19.4 Å². The van der Waals surface area contributed by atoms with Gasteiger partial charge in [0, 0.05) is 28.7 Å². The van der Waals surface area contributed by atoms with Crippen LogP contribution in [0.25, 0.3) is 39.8 Å². The van der Waals surface area contributed by atoms with Gasteiger partial charge in [0.05, 0.1) is 11.4 Å². The average molecular weight is 595 g/mol. The molecule has 0 atom stereocenters. The maximum Gasteiger partial charge on any atom is 0.138 e. The van der Waals surface area contributed by atoms with Crippen molar-refractivity contribution in [3.63, 3.8) is 0 Å². The van der Waals surface area contributed by atoms with Gasteiger partial charge >= 0.3 is 0 Å². The van der Waals surface area contributed by atoms with Crippen LogP contribution in [-0.2, 0) is 5.54 Å². The zero-order valence-electron chi connectivity index (χ0n) is 26.0. The van der Waals surface area contributed by atoms with E-state index in [9.17, 15) is 0 Å². The van der Waals surface area contributed by atoms with Crippen molar-refractivity contribution in [3.05, 3.63) is 192 Å². The van der Waals surface area contributed by atoms with Crippen molar-refractivity contribution < 1.29 is 0 Å². The molecule has 0 aliphatic rings. The lowest BCUT2D eigenvalue weighted by atomic mass is 9.77. The lowest BCUT2D eigenvalue weighted by Crippen LogP contribution is -2.39. The van der Waals surface area contributed by atoms with Crippen molar-refractivity contribution in [1.82, 2.24) is 19.7 Å². The van der Waals surface area contributed by atoms with E-state index < -0.39 is 5.54 Å². The molecule has 0 spiro atoms. The number of nitrogens with zero attached hydrogens (tertiary/aromatic N) is 4. The maximum atomic E-state index is 5.55. The molecule has 4 aromatic carbocycles. The van der Waals surface area contributed by atoms with Crippen LogP contribution in [0.1, 0.15) is 33.6 Å².